The predicted octanol–water partition coefficient (Wildman–Crippen LogP) is 1.83. The van der Waals surface area contributed by atoms with Gasteiger partial charge in [-0.05, 0) is 41.8 Å². The van der Waals surface area contributed by atoms with E-state index < -0.39 is 0 Å². The molecule has 0 saturated heterocycles. The summed E-state index contributed by atoms with van der Waals surface area (Å²) in [4.78, 5) is 30.7. The number of nitrogens with one attached hydrogen (secondary N) is 1. The van der Waals surface area contributed by atoms with Gasteiger partial charge < -0.3 is 20.5 Å². The van der Waals surface area contributed by atoms with Gasteiger partial charge in [-0.3, -0.25) is 19.5 Å². The van der Waals surface area contributed by atoms with Crippen LogP contribution in [0.3, 0.4) is 0 Å². The first-order valence-corrected chi connectivity index (χ1v) is 10.6. The number of amides is 1. The molecule has 0 spiro atoms. The van der Waals surface area contributed by atoms with Crippen molar-refractivity contribution in [1.82, 2.24) is 4.90 Å². The lowest BCUT2D eigenvalue weighted by molar-refractivity contribution is -0.146. The van der Waals surface area contributed by atoms with E-state index in [1.54, 1.807) is 31.4 Å². The highest BCUT2D eigenvalue weighted by atomic mass is 16.6. The Hall–Kier alpha value is -3.67. The molecule has 0 radical (unpaired) electrons. The zero-order valence-electron chi connectivity index (χ0n) is 18.7. The summed E-state index contributed by atoms with van der Waals surface area (Å²) in [5.41, 5.74) is 10.1. The Balaban J connectivity index is 1.57. The molecule has 1 heterocycles. The van der Waals surface area contributed by atoms with Crippen LogP contribution in [0.15, 0.2) is 47.5 Å². The zero-order valence-corrected chi connectivity index (χ0v) is 18.7. The number of esters is 1. The van der Waals surface area contributed by atoms with Crippen molar-refractivity contribution in [2.24, 2.45) is 10.7 Å². The molecule has 0 bridgehead atoms. The maximum absolute atomic E-state index is 12.6. The Morgan fingerprint density at radius 1 is 1.15 bits per heavy atom. The molecule has 0 fully saturated rings. The van der Waals surface area contributed by atoms with Crippen LogP contribution in [0, 0.1) is 12.3 Å². The summed E-state index contributed by atoms with van der Waals surface area (Å²) in [6.45, 7) is 2.51. The van der Waals surface area contributed by atoms with Crippen LogP contribution in [0.25, 0.3) is 0 Å². The van der Waals surface area contributed by atoms with Crippen molar-refractivity contribution in [2.75, 3.05) is 45.3 Å². The molecule has 1 aliphatic rings. The first kappa shape index (κ1) is 24.0. The van der Waals surface area contributed by atoms with Crippen molar-refractivity contribution < 1.29 is 19.1 Å². The molecule has 33 heavy (non-hydrogen) atoms. The SMILES string of the molecule is C#CCN=C(N)c1ccc(C(=O)Nc2ccc3c(c2)CCN(CC(=O)OCCOC)C3)cc1. The van der Waals surface area contributed by atoms with E-state index in [0.717, 1.165) is 29.8 Å². The molecular weight excluding hydrogens is 420 g/mol. The molecule has 0 aliphatic carbocycles. The number of hydrogen-bond acceptors (Lipinski definition) is 6. The van der Waals surface area contributed by atoms with Gasteiger partial charge in [0, 0.05) is 37.0 Å². The van der Waals surface area contributed by atoms with Crippen LogP contribution in [0.5, 0.6) is 0 Å². The quantitative estimate of drug-likeness (QED) is 0.199. The highest BCUT2D eigenvalue weighted by molar-refractivity contribution is 6.05. The summed E-state index contributed by atoms with van der Waals surface area (Å²) < 4.78 is 10.0. The number of anilines is 1. The van der Waals surface area contributed by atoms with Crippen molar-refractivity contribution in [3.63, 3.8) is 0 Å². The lowest BCUT2D eigenvalue weighted by Gasteiger charge is -2.28. The van der Waals surface area contributed by atoms with Gasteiger partial charge in [-0.2, -0.15) is 0 Å². The maximum atomic E-state index is 12.6. The highest BCUT2D eigenvalue weighted by Gasteiger charge is 2.20. The van der Waals surface area contributed by atoms with E-state index >= 15 is 0 Å². The number of benzene rings is 2. The number of terminal acetylenes is 1. The first-order valence-electron chi connectivity index (χ1n) is 10.6. The van der Waals surface area contributed by atoms with E-state index in [-0.39, 0.29) is 31.6 Å². The minimum Gasteiger partial charge on any atom is -0.462 e. The number of ether oxygens (including phenoxy) is 2. The number of hydrogen-bond donors (Lipinski definition) is 2. The van der Waals surface area contributed by atoms with Gasteiger partial charge in [0.2, 0.25) is 0 Å². The predicted molar refractivity (Wildman–Crippen MR) is 127 cm³/mol. The second-order valence-electron chi connectivity index (χ2n) is 7.59. The molecule has 0 aromatic heterocycles. The van der Waals surface area contributed by atoms with E-state index in [1.165, 1.54) is 0 Å². The molecule has 2 aromatic rings. The third kappa shape index (κ3) is 6.91. The van der Waals surface area contributed by atoms with E-state index in [1.807, 2.05) is 18.2 Å². The summed E-state index contributed by atoms with van der Waals surface area (Å²) in [7, 11) is 1.57. The standard InChI is InChI=1S/C25H28N4O4/c1-3-11-27-24(26)18-4-6-19(7-5-18)25(31)28-22-9-8-21-16-29(12-10-20(21)15-22)17-23(30)33-14-13-32-2/h1,4-9,15H,10-14,16-17H2,2H3,(H2,26,27)(H,28,31). The lowest BCUT2D eigenvalue weighted by Crippen LogP contribution is -2.35. The fourth-order valence-electron chi connectivity index (χ4n) is 3.51. The number of amidine groups is 1. The van der Waals surface area contributed by atoms with Crippen LogP contribution in [0.1, 0.15) is 27.0 Å². The monoisotopic (exact) mass is 448 g/mol. The van der Waals surface area contributed by atoms with Crippen LogP contribution in [-0.2, 0) is 27.2 Å². The third-order valence-electron chi connectivity index (χ3n) is 5.24. The number of methoxy groups -OCH3 is 1. The summed E-state index contributed by atoms with van der Waals surface area (Å²) in [5.74, 6) is 2.28. The van der Waals surface area contributed by atoms with Gasteiger partial charge in [0.1, 0.15) is 19.0 Å². The fourth-order valence-corrected chi connectivity index (χ4v) is 3.51. The molecule has 1 aliphatic heterocycles. The number of nitrogens with two attached hydrogens (primary N) is 1. The minimum atomic E-state index is -0.255. The van der Waals surface area contributed by atoms with Crippen LogP contribution < -0.4 is 11.1 Å². The summed E-state index contributed by atoms with van der Waals surface area (Å²) in [6.07, 6.45) is 5.98. The minimum absolute atomic E-state index is 0.211. The Morgan fingerprint density at radius 2 is 1.91 bits per heavy atom. The number of aliphatic imine (C=N–C) groups is 1. The first-order chi connectivity index (χ1) is 16.0. The molecular formula is C25H28N4O4. The number of carbonyl (C=O) groups is 2. The van der Waals surface area contributed by atoms with Gasteiger partial charge in [0.25, 0.3) is 5.91 Å². The average Bonchev–Trinajstić information content (AvgIpc) is 2.82. The summed E-state index contributed by atoms with van der Waals surface area (Å²) in [5, 5.41) is 2.94. The third-order valence-corrected chi connectivity index (χ3v) is 5.24. The van der Waals surface area contributed by atoms with Gasteiger partial charge in [-0.25, -0.2) is 0 Å². The molecule has 0 unspecified atom stereocenters. The average molecular weight is 449 g/mol. The number of carbonyl (C=O) groups excluding carboxylic acids is 2. The normalized spacial score (nSPS) is 13.6. The largest absolute Gasteiger partial charge is 0.462 e. The molecule has 8 heteroatoms. The summed E-state index contributed by atoms with van der Waals surface area (Å²) in [6, 6.07) is 12.7. The topological polar surface area (TPSA) is 106 Å². The van der Waals surface area contributed by atoms with Crippen molar-refractivity contribution in [3.8, 4) is 12.3 Å². The molecule has 0 atom stereocenters. The van der Waals surface area contributed by atoms with Crippen LogP contribution in [0.2, 0.25) is 0 Å². The van der Waals surface area contributed by atoms with Crippen molar-refractivity contribution in [1.29, 1.82) is 0 Å². The van der Waals surface area contributed by atoms with Crippen molar-refractivity contribution >= 4 is 23.4 Å². The van der Waals surface area contributed by atoms with Gasteiger partial charge in [0.05, 0.1) is 13.2 Å². The van der Waals surface area contributed by atoms with Gasteiger partial charge in [-0.15, -0.1) is 6.42 Å². The Kier molecular flexibility index (Phi) is 8.58. The smallest absolute Gasteiger partial charge is 0.320 e. The van der Waals surface area contributed by atoms with Crippen molar-refractivity contribution in [2.45, 2.75) is 13.0 Å². The van der Waals surface area contributed by atoms with Crippen molar-refractivity contribution in [3.05, 3.63) is 64.7 Å². The Labute approximate surface area is 193 Å². The van der Waals surface area contributed by atoms with E-state index in [2.05, 4.69) is 21.1 Å². The van der Waals surface area contributed by atoms with Crippen LogP contribution in [0.4, 0.5) is 5.69 Å². The number of fused-ring (bicyclic) bond motifs is 1. The van der Waals surface area contributed by atoms with E-state index in [9.17, 15) is 9.59 Å². The number of nitrogens with zero attached hydrogens (tertiary/aromatic N) is 2. The van der Waals surface area contributed by atoms with Gasteiger partial charge in [-0.1, -0.05) is 24.1 Å². The second kappa shape index (κ2) is 11.8. The molecule has 8 nitrogen and oxygen atoms in total. The fraction of sp³-hybridized carbons (Fsp3) is 0.320. The Morgan fingerprint density at radius 3 is 2.64 bits per heavy atom. The van der Waals surface area contributed by atoms with E-state index in [4.69, 9.17) is 21.6 Å². The highest BCUT2D eigenvalue weighted by Crippen LogP contribution is 2.23. The lowest BCUT2D eigenvalue weighted by atomic mass is 9.99. The zero-order chi connectivity index (χ0) is 23.6. The summed E-state index contributed by atoms with van der Waals surface area (Å²) >= 11 is 0. The van der Waals surface area contributed by atoms with Crippen LogP contribution >= 0.6 is 0 Å². The molecule has 3 N–H and O–H groups in total. The molecule has 3 rings (SSSR count). The van der Waals surface area contributed by atoms with Gasteiger partial charge >= 0.3 is 5.97 Å². The number of rotatable bonds is 9. The van der Waals surface area contributed by atoms with Crippen LogP contribution in [-0.4, -0.2) is 62.6 Å². The van der Waals surface area contributed by atoms with E-state index in [0.29, 0.717) is 30.1 Å². The van der Waals surface area contributed by atoms with Gasteiger partial charge in [0.15, 0.2) is 0 Å². The second-order valence-corrected chi connectivity index (χ2v) is 7.59. The molecule has 0 saturated carbocycles. The molecule has 2 aromatic carbocycles. The Bertz CT molecular complexity index is 1060. The maximum Gasteiger partial charge on any atom is 0.320 e. The molecule has 172 valence electrons. The molecule has 1 amide bonds.